The van der Waals surface area contributed by atoms with E-state index in [2.05, 4.69) is 23.4 Å². The lowest BCUT2D eigenvalue weighted by Gasteiger charge is -2.28. The second kappa shape index (κ2) is 2.92. The van der Waals surface area contributed by atoms with E-state index in [1.54, 1.807) is 0 Å². The molecule has 0 spiro atoms. The zero-order chi connectivity index (χ0) is 8.55. The molecular weight excluding hydrogens is 148 g/mol. The molecule has 1 aliphatic carbocycles. The van der Waals surface area contributed by atoms with Crippen molar-refractivity contribution >= 4 is 0 Å². The topological polar surface area (TPSA) is 17.8 Å². The predicted molar refractivity (Wildman–Crippen MR) is 48.9 cm³/mol. The Morgan fingerprint density at radius 1 is 1.67 bits per heavy atom. The maximum Gasteiger partial charge on any atom is 0.0954 e. The number of aromatic nitrogens is 2. The number of rotatable bonds is 2. The molecule has 1 aromatic heterocycles. The summed E-state index contributed by atoms with van der Waals surface area (Å²) in [5.41, 5.74) is 2.47. The summed E-state index contributed by atoms with van der Waals surface area (Å²) in [6.07, 6.45) is 6.85. The van der Waals surface area contributed by atoms with Crippen LogP contribution in [0, 0.1) is 13.8 Å². The maximum absolute atomic E-state index is 4.31. The molecule has 0 bridgehead atoms. The summed E-state index contributed by atoms with van der Waals surface area (Å²) >= 11 is 0. The minimum absolute atomic E-state index is 0.725. The highest BCUT2D eigenvalue weighted by atomic mass is 15.1. The Balaban J connectivity index is 2.29. The van der Waals surface area contributed by atoms with Crippen LogP contribution in [0.1, 0.15) is 36.7 Å². The fraction of sp³-hybridized carbons (Fsp3) is 0.600. The molecule has 0 aliphatic heterocycles. The average molecular weight is 163 g/mol. The van der Waals surface area contributed by atoms with Gasteiger partial charge in [-0.15, -0.1) is 0 Å². The van der Waals surface area contributed by atoms with Crippen molar-refractivity contribution in [3.8, 4) is 0 Å². The fourth-order valence-corrected chi connectivity index (χ4v) is 1.77. The van der Waals surface area contributed by atoms with Gasteiger partial charge in [0.2, 0.25) is 0 Å². The lowest BCUT2D eigenvalue weighted by molar-refractivity contribution is 0.308. The Hall–Kier alpha value is -0.790. The lowest BCUT2D eigenvalue weighted by atomic mass is 9.92. The van der Waals surface area contributed by atoms with E-state index in [1.807, 2.05) is 6.33 Å². The first-order valence-electron chi connectivity index (χ1n) is 4.64. The lowest BCUT2D eigenvalue weighted by Crippen LogP contribution is -2.18. The number of imidazole rings is 1. The molecule has 0 saturated heterocycles. The van der Waals surface area contributed by atoms with Crippen LogP contribution >= 0.6 is 0 Å². The summed E-state index contributed by atoms with van der Waals surface area (Å²) < 4.78 is 2.31. The standard InChI is InChI=1S/C10H15N2/c1-3-10-8(2)11-7-12(10)9-5-4-6-9/h7,9H,1,3-6H2,2H3. The first-order chi connectivity index (χ1) is 5.83. The molecule has 12 heavy (non-hydrogen) atoms. The van der Waals surface area contributed by atoms with E-state index in [4.69, 9.17) is 0 Å². The summed E-state index contributed by atoms with van der Waals surface area (Å²) in [7, 11) is 0. The van der Waals surface area contributed by atoms with E-state index in [0.29, 0.717) is 0 Å². The third kappa shape index (κ3) is 1.06. The molecule has 2 heteroatoms. The van der Waals surface area contributed by atoms with Crippen LogP contribution in [0.2, 0.25) is 0 Å². The van der Waals surface area contributed by atoms with Gasteiger partial charge in [-0.1, -0.05) is 0 Å². The van der Waals surface area contributed by atoms with Gasteiger partial charge in [-0.05, 0) is 39.5 Å². The zero-order valence-electron chi connectivity index (χ0n) is 7.58. The van der Waals surface area contributed by atoms with Crippen LogP contribution in [0.4, 0.5) is 0 Å². The van der Waals surface area contributed by atoms with Crippen molar-refractivity contribution in [2.75, 3.05) is 0 Å². The van der Waals surface area contributed by atoms with Gasteiger partial charge in [0.25, 0.3) is 0 Å². The molecule has 1 fully saturated rings. The smallest absolute Gasteiger partial charge is 0.0954 e. The molecule has 0 N–H and O–H groups in total. The van der Waals surface area contributed by atoms with Gasteiger partial charge in [0.1, 0.15) is 0 Å². The highest BCUT2D eigenvalue weighted by Gasteiger charge is 2.21. The largest absolute Gasteiger partial charge is 0.331 e. The number of hydrogen-bond acceptors (Lipinski definition) is 1. The first-order valence-corrected chi connectivity index (χ1v) is 4.64. The van der Waals surface area contributed by atoms with Crippen molar-refractivity contribution in [3.05, 3.63) is 24.6 Å². The molecule has 65 valence electrons. The second-order valence-corrected chi connectivity index (χ2v) is 3.52. The van der Waals surface area contributed by atoms with Gasteiger partial charge in [0.05, 0.1) is 12.0 Å². The Labute approximate surface area is 73.6 Å². The summed E-state index contributed by atoms with van der Waals surface area (Å²) in [6.45, 7) is 5.99. The monoisotopic (exact) mass is 163 g/mol. The quantitative estimate of drug-likeness (QED) is 0.654. The molecule has 1 heterocycles. The van der Waals surface area contributed by atoms with E-state index in [1.165, 1.54) is 25.0 Å². The van der Waals surface area contributed by atoms with E-state index >= 15 is 0 Å². The predicted octanol–water partition coefficient (Wildman–Crippen LogP) is 2.29. The molecule has 0 amide bonds. The fourth-order valence-electron chi connectivity index (χ4n) is 1.77. The molecule has 1 aliphatic rings. The minimum atomic E-state index is 0.725. The molecule has 0 aromatic carbocycles. The van der Waals surface area contributed by atoms with Crippen molar-refractivity contribution in [3.63, 3.8) is 0 Å². The third-order valence-corrected chi connectivity index (χ3v) is 2.81. The van der Waals surface area contributed by atoms with Gasteiger partial charge in [0, 0.05) is 11.7 Å². The van der Waals surface area contributed by atoms with Crippen LogP contribution in [0.5, 0.6) is 0 Å². The van der Waals surface area contributed by atoms with Crippen molar-refractivity contribution in [2.24, 2.45) is 0 Å². The Morgan fingerprint density at radius 2 is 2.42 bits per heavy atom. The first kappa shape index (κ1) is 7.84. The molecule has 1 radical (unpaired) electrons. The third-order valence-electron chi connectivity index (χ3n) is 2.81. The number of hydrogen-bond donors (Lipinski definition) is 0. The van der Waals surface area contributed by atoms with Crippen molar-refractivity contribution in [2.45, 2.75) is 38.6 Å². The Kier molecular flexibility index (Phi) is 1.91. The van der Waals surface area contributed by atoms with Crippen LogP contribution in [0.15, 0.2) is 6.33 Å². The number of nitrogens with zero attached hydrogens (tertiary/aromatic N) is 2. The summed E-state index contributed by atoms with van der Waals surface area (Å²) in [5, 5.41) is 0. The average Bonchev–Trinajstić information content (AvgIpc) is 2.29. The SMILES string of the molecule is [CH2]Cc1c(C)ncn1C1CCC1. The van der Waals surface area contributed by atoms with Gasteiger partial charge >= 0.3 is 0 Å². The van der Waals surface area contributed by atoms with E-state index in [0.717, 1.165) is 18.2 Å². The van der Waals surface area contributed by atoms with Crippen LogP contribution in [0.25, 0.3) is 0 Å². The van der Waals surface area contributed by atoms with Crippen LogP contribution in [-0.2, 0) is 6.42 Å². The van der Waals surface area contributed by atoms with Crippen molar-refractivity contribution in [1.82, 2.24) is 9.55 Å². The zero-order valence-corrected chi connectivity index (χ0v) is 7.58. The summed E-state index contributed by atoms with van der Waals surface area (Å²) in [6, 6.07) is 0.725. The van der Waals surface area contributed by atoms with E-state index < -0.39 is 0 Å². The normalized spacial score (nSPS) is 17.8. The van der Waals surface area contributed by atoms with E-state index in [-0.39, 0.29) is 0 Å². The van der Waals surface area contributed by atoms with Gasteiger partial charge in [-0.2, -0.15) is 0 Å². The molecule has 0 atom stereocenters. The molecule has 0 unspecified atom stereocenters. The molecule has 1 saturated carbocycles. The summed E-state index contributed by atoms with van der Waals surface area (Å²) in [5.74, 6) is 0. The van der Waals surface area contributed by atoms with Gasteiger partial charge in [-0.25, -0.2) is 4.98 Å². The van der Waals surface area contributed by atoms with Gasteiger partial charge < -0.3 is 4.57 Å². The minimum Gasteiger partial charge on any atom is -0.331 e. The van der Waals surface area contributed by atoms with Crippen LogP contribution in [-0.4, -0.2) is 9.55 Å². The second-order valence-electron chi connectivity index (χ2n) is 3.52. The molecule has 1 aromatic rings. The molecule has 2 rings (SSSR count). The van der Waals surface area contributed by atoms with Gasteiger partial charge in [-0.3, -0.25) is 0 Å². The molecule has 2 nitrogen and oxygen atoms in total. The molecular formula is C10H15N2. The maximum atomic E-state index is 4.31. The highest BCUT2D eigenvalue weighted by Crippen LogP contribution is 2.32. The van der Waals surface area contributed by atoms with E-state index in [9.17, 15) is 0 Å². The Bertz CT molecular complexity index is 271. The number of aryl methyl sites for hydroxylation is 1. The summed E-state index contributed by atoms with van der Waals surface area (Å²) in [4.78, 5) is 4.31. The highest BCUT2D eigenvalue weighted by molar-refractivity contribution is 5.13. The van der Waals surface area contributed by atoms with Gasteiger partial charge in [0.15, 0.2) is 0 Å². The van der Waals surface area contributed by atoms with Crippen molar-refractivity contribution in [1.29, 1.82) is 0 Å². The van der Waals surface area contributed by atoms with Crippen LogP contribution < -0.4 is 0 Å². The van der Waals surface area contributed by atoms with Crippen LogP contribution in [0.3, 0.4) is 0 Å². The Morgan fingerprint density at radius 3 is 2.92 bits per heavy atom. The van der Waals surface area contributed by atoms with Crippen molar-refractivity contribution < 1.29 is 0 Å².